The van der Waals surface area contributed by atoms with Gasteiger partial charge in [-0.05, 0) is 65.9 Å². The van der Waals surface area contributed by atoms with Crippen molar-refractivity contribution in [2.24, 2.45) is 0 Å². The third-order valence-electron chi connectivity index (χ3n) is 6.75. The number of benzene rings is 3. The van der Waals surface area contributed by atoms with Crippen LogP contribution in [0.4, 0.5) is 9.52 Å². The van der Waals surface area contributed by atoms with E-state index >= 15 is 0 Å². The maximum absolute atomic E-state index is 13.4. The van der Waals surface area contributed by atoms with Gasteiger partial charge in [0.15, 0.2) is 4.34 Å². The molecule has 1 fully saturated rings. The molecule has 3 aromatic carbocycles. The number of aryl methyl sites for hydroxylation is 1. The fraction of sp³-hybridized carbons (Fsp3) is 0.125. The van der Waals surface area contributed by atoms with Gasteiger partial charge in [0.2, 0.25) is 5.13 Å². The maximum atomic E-state index is 13.4. The number of halogens is 1. The average Bonchev–Trinajstić information content (AvgIpc) is 3.77. The SMILES string of the molecule is Cc1cccc(COc2ccc(C(O)=C3C(=O)C(=O)N(c4nnc(SCc5ccc(F)cc5)s4)C3c3cccs3)cc2)c1. The third-order valence-corrected chi connectivity index (χ3v) is 9.80. The lowest BCUT2D eigenvalue weighted by Gasteiger charge is -2.20. The number of anilines is 1. The molecule has 43 heavy (non-hydrogen) atoms. The molecule has 0 saturated carbocycles. The van der Waals surface area contributed by atoms with E-state index in [1.165, 1.54) is 51.5 Å². The van der Waals surface area contributed by atoms with Gasteiger partial charge in [-0.25, -0.2) is 4.39 Å². The summed E-state index contributed by atoms with van der Waals surface area (Å²) < 4.78 is 19.7. The van der Waals surface area contributed by atoms with E-state index < -0.39 is 17.7 Å². The van der Waals surface area contributed by atoms with Crippen LogP contribution in [0.1, 0.15) is 33.2 Å². The molecule has 7 nitrogen and oxygen atoms in total. The Balaban J connectivity index is 1.25. The standard InChI is InChI=1S/C32H24FN3O4S3/c1-19-4-2-5-21(16-19)17-40-24-13-9-22(10-14-24)28(37)26-27(25-6-3-15-41-25)36(30(39)29(26)38)31-34-35-32(43-31)42-18-20-7-11-23(33)12-8-20/h2-16,27,37H,17-18H2,1H3. The predicted molar refractivity (Wildman–Crippen MR) is 167 cm³/mol. The van der Waals surface area contributed by atoms with E-state index in [0.717, 1.165) is 16.7 Å². The van der Waals surface area contributed by atoms with Gasteiger partial charge in [0.25, 0.3) is 5.78 Å². The van der Waals surface area contributed by atoms with Crippen molar-refractivity contribution in [2.75, 3.05) is 4.90 Å². The van der Waals surface area contributed by atoms with Crippen molar-refractivity contribution >= 4 is 57.0 Å². The minimum Gasteiger partial charge on any atom is -0.507 e. The molecule has 0 radical (unpaired) electrons. The molecule has 1 saturated heterocycles. The predicted octanol–water partition coefficient (Wildman–Crippen LogP) is 7.54. The molecule has 1 amide bonds. The van der Waals surface area contributed by atoms with Crippen LogP contribution >= 0.6 is 34.4 Å². The minimum atomic E-state index is -0.861. The number of ketones is 1. The molecular weight excluding hydrogens is 606 g/mol. The second-order valence-corrected chi connectivity index (χ2v) is 12.9. The number of Topliss-reactive ketones (excluding diaryl/α,β-unsaturated/α-hetero) is 1. The van der Waals surface area contributed by atoms with Gasteiger partial charge in [0, 0.05) is 16.2 Å². The Kier molecular flexibility index (Phi) is 8.37. The highest BCUT2D eigenvalue weighted by molar-refractivity contribution is 8.00. The van der Waals surface area contributed by atoms with E-state index in [1.54, 1.807) is 36.4 Å². The zero-order valence-electron chi connectivity index (χ0n) is 22.8. The number of carbonyl (C=O) groups is 2. The summed E-state index contributed by atoms with van der Waals surface area (Å²) in [4.78, 5) is 28.8. The normalized spacial score (nSPS) is 16.1. The summed E-state index contributed by atoms with van der Waals surface area (Å²) >= 11 is 3.95. The van der Waals surface area contributed by atoms with E-state index in [0.29, 0.717) is 32.9 Å². The van der Waals surface area contributed by atoms with Gasteiger partial charge in [-0.3, -0.25) is 14.5 Å². The first kappa shape index (κ1) is 28.8. The van der Waals surface area contributed by atoms with Gasteiger partial charge in [-0.2, -0.15) is 0 Å². The fourth-order valence-corrected chi connectivity index (χ4v) is 7.31. The second kappa shape index (κ2) is 12.5. The lowest BCUT2D eigenvalue weighted by atomic mass is 10.00. The molecule has 1 aliphatic rings. The summed E-state index contributed by atoms with van der Waals surface area (Å²) in [6.07, 6.45) is 0. The molecular formula is C32H24FN3O4S3. The molecule has 216 valence electrons. The Morgan fingerprint density at radius 3 is 2.51 bits per heavy atom. The average molecular weight is 630 g/mol. The van der Waals surface area contributed by atoms with Crippen LogP contribution in [0.5, 0.6) is 5.75 Å². The fourth-order valence-electron chi connectivity index (χ4n) is 4.66. The van der Waals surface area contributed by atoms with Crippen molar-refractivity contribution < 1.29 is 23.8 Å². The van der Waals surface area contributed by atoms with Gasteiger partial charge < -0.3 is 9.84 Å². The summed E-state index contributed by atoms with van der Waals surface area (Å²) in [6, 6.07) is 23.8. The smallest absolute Gasteiger partial charge is 0.301 e. The first-order valence-corrected chi connectivity index (χ1v) is 15.9. The summed E-state index contributed by atoms with van der Waals surface area (Å²) in [6.45, 7) is 2.41. The first-order valence-electron chi connectivity index (χ1n) is 13.2. The molecule has 5 aromatic rings. The van der Waals surface area contributed by atoms with E-state index in [9.17, 15) is 19.1 Å². The van der Waals surface area contributed by atoms with Crippen molar-refractivity contribution in [3.8, 4) is 5.75 Å². The highest BCUT2D eigenvalue weighted by atomic mass is 32.2. The molecule has 0 aliphatic carbocycles. The third kappa shape index (κ3) is 6.24. The van der Waals surface area contributed by atoms with Gasteiger partial charge in [-0.15, -0.1) is 21.5 Å². The summed E-state index contributed by atoms with van der Waals surface area (Å²) in [5.74, 6) is -1.03. The molecule has 0 bridgehead atoms. The van der Waals surface area contributed by atoms with Crippen molar-refractivity contribution in [1.29, 1.82) is 0 Å². The molecule has 1 unspecified atom stereocenters. The summed E-state index contributed by atoms with van der Waals surface area (Å²) in [5.41, 5.74) is 3.46. The van der Waals surface area contributed by atoms with Crippen LogP contribution in [-0.4, -0.2) is 27.0 Å². The van der Waals surface area contributed by atoms with Crippen LogP contribution in [0.25, 0.3) is 5.76 Å². The molecule has 11 heteroatoms. The first-order chi connectivity index (χ1) is 20.9. The number of thiophene rings is 1. The Morgan fingerprint density at radius 2 is 1.79 bits per heavy atom. The summed E-state index contributed by atoms with van der Waals surface area (Å²) in [5, 5.41) is 21.9. The number of nitrogens with zero attached hydrogens (tertiary/aromatic N) is 3. The largest absolute Gasteiger partial charge is 0.507 e. The number of carbonyl (C=O) groups excluding carboxylic acids is 2. The Labute approximate surface area is 259 Å². The minimum absolute atomic E-state index is 0.0170. The number of hydrogen-bond donors (Lipinski definition) is 1. The molecule has 6 rings (SSSR count). The van der Waals surface area contributed by atoms with Gasteiger partial charge in [0.1, 0.15) is 30.0 Å². The molecule has 3 heterocycles. The van der Waals surface area contributed by atoms with E-state index in [-0.39, 0.29) is 22.3 Å². The van der Waals surface area contributed by atoms with Crippen LogP contribution < -0.4 is 9.64 Å². The van der Waals surface area contributed by atoms with E-state index in [1.807, 2.05) is 42.6 Å². The second-order valence-electron chi connectivity index (χ2n) is 9.75. The van der Waals surface area contributed by atoms with Gasteiger partial charge in [-0.1, -0.05) is 71.1 Å². The topological polar surface area (TPSA) is 92.6 Å². The number of rotatable bonds is 9. The molecule has 1 N–H and O–H groups in total. The number of amides is 1. The highest BCUT2D eigenvalue weighted by Gasteiger charge is 2.48. The van der Waals surface area contributed by atoms with E-state index in [4.69, 9.17) is 4.74 Å². The zero-order valence-corrected chi connectivity index (χ0v) is 25.2. The quantitative estimate of drug-likeness (QED) is 0.0592. The number of aliphatic hydroxyl groups is 1. The Hall–Kier alpha value is -4.32. The van der Waals surface area contributed by atoms with Crippen molar-refractivity contribution in [1.82, 2.24) is 10.2 Å². The van der Waals surface area contributed by atoms with E-state index in [2.05, 4.69) is 16.3 Å². The lowest BCUT2D eigenvalue weighted by Crippen LogP contribution is -2.29. The van der Waals surface area contributed by atoms with Gasteiger partial charge >= 0.3 is 5.91 Å². The lowest BCUT2D eigenvalue weighted by molar-refractivity contribution is -0.132. The number of thioether (sulfide) groups is 1. The van der Waals surface area contributed by atoms with Crippen molar-refractivity contribution in [3.63, 3.8) is 0 Å². The number of aliphatic hydroxyl groups excluding tert-OH is 1. The van der Waals surface area contributed by atoms with Crippen molar-refractivity contribution in [2.45, 2.75) is 29.7 Å². The summed E-state index contributed by atoms with van der Waals surface area (Å²) in [7, 11) is 0. The van der Waals surface area contributed by atoms with Crippen LogP contribution in [0.15, 0.2) is 100 Å². The van der Waals surface area contributed by atoms with Crippen LogP contribution in [0.3, 0.4) is 0 Å². The maximum Gasteiger partial charge on any atom is 0.301 e. The number of aromatic nitrogens is 2. The Morgan fingerprint density at radius 1 is 1.00 bits per heavy atom. The molecule has 1 aliphatic heterocycles. The van der Waals surface area contributed by atoms with Crippen LogP contribution in [-0.2, 0) is 21.9 Å². The Bertz CT molecular complexity index is 1800. The molecule has 2 aromatic heterocycles. The molecule has 0 spiro atoms. The van der Waals surface area contributed by atoms with Gasteiger partial charge in [0.05, 0.1) is 5.57 Å². The number of ether oxygens (including phenoxy) is 1. The van der Waals surface area contributed by atoms with Crippen LogP contribution in [0.2, 0.25) is 0 Å². The van der Waals surface area contributed by atoms with Crippen molar-refractivity contribution in [3.05, 3.63) is 129 Å². The highest BCUT2D eigenvalue weighted by Crippen LogP contribution is 2.45. The van der Waals surface area contributed by atoms with Crippen LogP contribution in [0, 0.1) is 12.7 Å². The number of hydrogen-bond acceptors (Lipinski definition) is 9. The molecule has 1 atom stereocenters. The zero-order chi connectivity index (χ0) is 29.9. The monoisotopic (exact) mass is 629 g/mol.